The first-order chi connectivity index (χ1) is 32.3. The fraction of sp³-hybridized carbons (Fsp3) is 0.700. The van der Waals surface area contributed by atoms with Gasteiger partial charge in [-0.2, -0.15) is 12.6 Å². The third-order valence-corrected chi connectivity index (χ3v) is 10.3. The number of carbonyl (C=O) groups excluding carboxylic acids is 11. The summed E-state index contributed by atoms with van der Waals surface area (Å²) in [7, 11) is 0. The van der Waals surface area contributed by atoms with E-state index in [1.54, 1.807) is 27.7 Å². The van der Waals surface area contributed by atoms with Gasteiger partial charge < -0.3 is 85.7 Å². The van der Waals surface area contributed by atoms with Gasteiger partial charge in [-0.1, -0.05) is 34.1 Å². The molecule has 19 N–H and O–H groups in total. The van der Waals surface area contributed by atoms with E-state index in [9.17, 15) is 72.9 Å². The number of aliphatic hydroxyl groups is 2. The van der Waals surface area contributed by atoms with E-state index < -0.39 is 164 Å². The molecule has 0 aromatic carbocycles. The number of nitrogens with one attached hydrogen (secondary N) is 10. The molecule has 69 heavy (non-hydrogen) atoms. The Hall–Kier alpha value is -6.17. The normalized spacial score (nSPS) is 14.8. The van der Waals surface area contributed by atoms with Crippen LogP contribution in [0.15, 0.2) is 0 Å². The van der Waals surface area contributed by atoms with E-state index in [1.165, 1.54) is 0 Å². The molecule has 9 atom stereocenters. The summed E-state index contributed by atoms with van der Waals surface area (Å²) in [4.78, 5) is 151. The highest BCUT2D eigenvalue weighted by molar-refractivity contribution is 7.80. The molecular weight excluding hydrogens is 935 g/mol. The van der Waals surface area contributed by atoms with Gasteiger partial charge in [-0.15, -0.1) is 0 Å². The van der Waals surface area contributed by atoms with Crippen molar-refractivity contribution in [2.45, 2.75) is 122 Å². The SMILES string of the molecule is CC[C@H](C)[C@H](NC(=O)[C@H](CC(C)C)NC(=O)[C@H](CCCCN)NC(=O)CNC(=O)[C@H](CC(N)=O)NC(=O)[C@H](CO)NC(=O)CNC(=O)[C@@H](NC(=O)CNC(=O)CNC(=O)[C@@H](N)CS)[C@@H](C)O)C(=O)O. The number of carboxylic acids is 1. The Morgan fingerprint density at radius 1 is 0.580 bits per heavy atom. The predicted octanol–water partition coefficient (Wildman–Crippen LogP) is -7.83. The van der Waals surface area contributed by atoms with Crippen LogP contribution in [0.2, 0.25) is 0 Å². The van der Waals surface area contributed by atoms with Crippen LogP contribution in [0.3, 0.4) is 0 Å². The average molecular weight is 1010 g/mol. The van der Waals surface area contributed by atoms with Crippen LogP contribution in [-0.4, -0.2) is 180 Å². The third kappa shape index (κ3) is 25.7. The minimum atomic E-state index is -1.80. The number of carboxylic acid groups (broad SMARTS) is 1. The van der Waals surface area contributed by atoms with E-state index in [4.69, 9.17) is 17.2 Å². The van der Waals surface area contributed by atoms with Gasteiger partial charge in [0.05, 0.1) is 51.4 Å². The van der Waals surface area contributed by atoms with Crippen molar-refractivity contribution in [3.63, 3.8) is 0 Å². The lowest BCUT2D eigenvalue weighted by atomic mass is 9.97. The number of unbranched alkanes of at least 4 members (excludes halogenated alkanes) is 1. The van der Waals surface area contributed by atoms with Gasteiger partial charge in [-0.3, -0.25) is 52.7 Å². The lowest BCUT2D eigenvalue weighted by Crippen LogP contribution is -2.59. The van der Waals surface area contributed by atoms with E-state index in [0.717, 1.165) is 6.92 Å². The highest BCUT2D eigenvalue weighted by atomic mass is 32.1. The number of hydrogen-bond donors (Lipinski definition) is 17. The molecule has 0 radical (unpaired) electrons. The van der Waals surface area contributed by atoms with Crippen LogP contribution in [0.5, 0.6) is 0 Å². The number of thiol groups is 1. The molecule has 28 nitrogen and oxygen atoms in total. The molecule has 0 aliphatic carbocycles. The van der Waals surface area contributed by atoms with Gasteiger partial charge in [-0.05, 0) is 51.0 Å². The van der Waals surface area contributed by atoms with Gasteiger partial charge in [-0.25, -0.2) is 4.79 Å². The van der Waals surface area contributed by atoms with Crippen LogP contribution in [0.4, 0.5) is 0 Å². The Labute approximate surface area is 404 Å². The molecule has 11 amide bonds. The molecular formula is C40H71N13O15S. The van der Waals surface area contributed by atoms with E-state index >= 15 is 0 Å². The van der Waals surface area contributed by atoms with Crippen molar-refractivity contribution >= 4 is 83.6 Å². The molecule has 0 aliphatic heterocycles. The summed E-state index contributed by atoms with van der Waals surface area (Å²) < 4.78 is 0. The maximum Gasteiger partial charge on any atom is 0.326 e. The summed E-state index contributed by atoms with van der Waals surface area (Å²) in [6.45, 7) is 4.36. The fourth-order valence-corrected chi connectivity index (χ4v) is 6.03. The molecule has 29 heteroatoms. The van der Waals surface area contributed by atoms with Crippen LogP contribution < -0.4 is 70.4 Å². The number of rotatable bonds is 34. The highest BCUT2D eigenvalue weighted by Crippen LogP contribution is 2.12. The van der Waals surface area contributed by atoms with Crippen molar-refractivity contribution in [1.29, 1.82) is 0 Å². The first kappa shape index (κ1) is 62.8. The summed E-state index contributed by atoms with van der Waals surface area (Å²) >= 11 is 3.86. The van der Waals surface area contributed by atoms with E-state index in [-0.39, 0.29) is 31.1 Å². The van der Waals surface area contributed by atoms with Gasteiger partial charge in [0.1, 0.15) is 36.3 Å². The molecule has 0 aromatic rings. The minimum Gasteiger partial charge on any atom is -0.480 e. The molecule has 392 valence electrons. The molecule has 0 aliphatic rings. The lowest BCUT2D eigenvalue weighted by molar-refractivity contribution is -0.144. The van der Waals surface area contributed by atoms with Gasteiger partial charge in [0.2, 0.25) is 65.0 Å². The van der Waals surface area contributed by atoms with Crippen LogP contribution in [0, 0.1) is 11.8 Å². The monoisotopic (exact) mass is 1010 g/mol. The fourth-order valence-electron chi connectivity index (χ4n) is 5.86. The maximum absolute atomic E-state index is 13.5. The number of aliphatic carboxylic acids is 1. The van der Waals surface area contributed by atoms with Gasteiger partial charge in [0.25, 0.3) is 0 Å². The second-order valence-electron chi connectivity index (χ2n) is 16.3. The van der Waals surface area contributed by atoms with Crippen LogP contribution in [0.1, 0.15) is 73.1 Å². The molecule has 0 heterocycles. The van der Waals surface area contributed by atoms with E-state index in [2.05, 4.69) is 65.8 Å². The van der Waals surface area contributed by atoms with E-state index in [1.807, 2.05) is 0 Å². The van der Waals surface area contributed by atoms with Crippen LogP contribution >= 0.6 is 12.6 Å². The molecule has 0 saturated carbocycles. The summed E-state index contributed by atoms with van der Waals surface area (Å²) in [6, 6.07) is -9.88. The second-order valence-corrected chi connectivity index (χ2v) is 16.7. The molecule has 0 unspecified atom stereocenters. The van der Waals surface area contributed by atoms with Crippen molar-refractivity contribution < 1.29 is 72.9 Å². The zero-order valence-electron chi connectivity index (χ0n) is 39.4. The largest absolute Gasteiger partial charge is 0.480 e. The molecule has 0 bridgehead atoms. The van der Waals surface area contributed by atoms with Crippen molar-refractivity contribution in [2.75, 3.05) is 45.1 Å². The Kier molecular flexibility index (Phi) is 30.4. The molecule has 0 spiro atoms. The first-order valence-corrected chi connectivity index (χ1v) is 22.7. The molecule has 0 aromatic heterocycles. The van der Waals surface area contributed by atoms with Gasteiger partial charge >= 0.3 is 5.97 Å². The quantitative estimate of drug-likeness (QED) is 0.0210. The Balaban J connectivity index is 5.63. The number of hydrogen-bond acceptors (Lipinski definition) is 17. The zero-order chi connectivity index (χ0) is 53.0. The van der Waals surface area contributed by atoms with Crippen LogP contribution in [0.25, 0.3) is 0 Å². The summed E-state index contributed by atoms with van der Waals surface area (Å²) in [6.07, 6.45) is -0.966. The number of aliphatic hydroxyl groups excluding tert-OH is 2. The topological polar surface area (TPSA) is 464 Å². The number of nitrogens with two attached hydrogens (primary N) is 3. The Bertz CT molecular complexity index is 1790. The maximum atomic E-state index is 13.5. The van der Waals surface area contributed by atoms with Crippen molar-refractivity contribution in [3.8, 4) is 0 Å². The van der Waals surface area contributed by atoms with Gasteiger partial charge in [0, 0.05) is 5.75 Å². The van der Waals surface area contributed by atoms with Crippen molar-refractivity contribution in [2.24, 2.45) is 29.0 Å². The second kappa shape index (κ2) is 33.3. The van der Waals surface area contributed by atoms with E-state index in [0.29, 0.717) is 19.3 Å². The smallest absolute Gasteiger partial charge is 0.326 e. The number of amides is 11. The Morgan fingerprint density at radius 2 is 1.07 bits per heavy atom. The Morgan fingerprint density at radius 3 is 1.58 bits per heavy atom. The third-order valence-electron chi connectivity index (χ3n) is 9.92. The van der Waals surface area contributed by atoms with Gasteiger partial charge in [0.15, 0.2) is 0 Å². The first-order valence-electron chi connectivity index (χ1n) is 22.1. The minimum absolute atomic E-state index is 0.0137. The van der Waals surface area contributed by atoms with Crippen molar-refractivity contribution in [1.82, 2.24) is 53.2 Å². The molecule has 0 rings (SSSR count). The number of carbonyl (C=O) groups is 12. The number of primary amides is 1. The van der Waals surface area contributed by atoms with Crippen molar-refractivity contribution in [3.05, 3.63) is 0 Å². The summed E-state index contributed by atoms with van der Waals surface area (Å²) in [5, 5.41) is 52.2. The highest BCUT2D eigenvalue weighted by Gasteiger charge is 2.33. The summed E-state index contributed by atoms with van der Waals surface area (Å²) in [5.74, 6) is -12.3. The lowest BCUT2D eigenvalue weighted by Gasteiger charge is -2.27. The summed E-state index contributed by atoms with van der Waals surface area (Å²) in [5.41, 5.74) is 16.4. The average Bonchev–Trinajstić information content (AvgIpc) is 3.28. The standard InChI is InChI=1S/C40H71N13O15S/c1-6-20(4)32(40(67)68)53-37(64)24(11-19(2)3)50-36(63)23(9-7-8-10-41)48-29(58)15-46-35(62)25(12-27(43)56)51-38(65)26(17-54)49-30(59)16-47-39(66)33(21(5)55)52-31(60)14-44-28(57)13-45-34(61)22(42)18-69/h19-26,32-33,54-55,69H,6-18,41-42H2,1-5H3,(H2,43,56)(H,44,57)(H,45,61)(H,46,62)(H,47,66)(H,48,58)(H,49,59)(H,50,63)(H,51,65)(H,52,60)(H,53,64)(H,67,68)/t20-,21+,22-,23-,24-,25-,26-,32-,33-/m0/s1. The molecule has 0 fully saturated rings. The predicted molar refractivity (Wildman–Crippen MR) is 247 cm³/mol. The van der Waals surface area contributed by atoms with Crippen LogP contribution in [-0.2, 0) is 57.5 Å². The zero-order valence-corrected chi connectivity index (χ0v) is 40.3. The molecule has 0 saturated heterocycles.